The third kappa shape index (κ3) is 2.31. The molecule has 0 bridgehead atoms. The number of carbonyl (C=O) groups is 2. The van der Waals surface area contributed by atoms with Crippen molar-refractivity contribution in [1.82, 2.24) is 4.90 Å². The first-order chi connectivity index (χ1) is 8.58. The minimum absolute atomic E-state index is 0.0225. The number of thiol groups is 1. The summed E-state index contributed by atoms with van der Waals surface area (Å²) in [6, 6.07) is 0. The number of piperidine rings is 1. The molecule has 2 rings (SSSR count). The summed E-state index contributed by atoms with van der Waals surface area (Å²) in [6.45, 7) is 4.89. The zero-order valence-corrected chi connectivity index (χ0v) is 12.2. The lowest BCUT2D eigenvalue weighted by Gasteiger charge is -2.35. The van der Waals surface area contributed by atoms with Crippen molar-refractivity contribution in [3.63, 3.8) is 0 Å². The lowest BCUT2D eigenvalue weighted by Crippen LogP contribution is -2.43. The second-order valence-corrected chi connectivity index (χ2v) is 6.19. The lowest BCUT2D eigenvalue weighted by molar-refractivity contribution is -0.143. The van der Waals surface area contributed by atoms with Crippen LogP contribution in [0.25, 0.3) is 0 Å². The third-order valence-corrected chi connectivity index (χ3v) is 5.02. The van der Waals surface area contributed by atoms with Gasteiger partial charge in [-0.15, -0.1) is 0 Å². The Balaban J connectivity index is 2.08. The van der Waals surface area contributed by atoms with Crippen LogP contribution >= 0.6 is 12.6 Å². The molecule has 18 heavy (non-hydrogen) atoms. The summed E-state index contributed by atoms with van der Waals surface area (Å²) >= 11 is 4.49. The van der Waals surface area contributed by atoms with Crippen LogP contribution < -0.4 is 0 Å². The highest BCUT2D eigenvalue weighted by atomic mass is 32.1. The summed E-state index contributed by atoms with van der Waals surface area (Å²) in [6.07, 6.45) is 5.02. The number of rotatable bonds is 7. The Kier molecular flexibility index (Phi) is 4.05. The van der Waals surface area contributed by atoms with E-state index >= 15 is 0 Å². The first-order valence-corrected chi connectivity index (χ1v) is 7.68. The van der Waals surface area contributed by atoms with E-state index in [2.05, 4.69) is 26.5 Å². The van der Waals surface area contributed by atoms with Gasteiger partial charge in [0.2, 0.25) is 11.8 Å². The molecule has 1 aliphatic heterocycles. The summed E-state index contributed by atoms with van der Waals surface area (Å²) in [5, 5.41) is 0. The van der Waals surface area contributed by atoms with Gasteiger partial charge in [0.15, 0.2) is 0 Å². The second kappa shape index (κ2) is 5.24. The minimum atomic E-state index is 0.0225. The minimum Gasteiger partial charge on any atom is -0.282 e. The molecular weight excluding hydrogens is 246 g/mol. The first-order valence-electron chi connectivity index (χ1n) is 7.04. The molecule has 1 saturated heterocycles. The Labute approximate surface area is 115 Å². The molecule has 0 aromatic carbocycles. The van der Waals surface area contributed by atoms with Crippen molar-refractivity contribution in [2.45, 2.75) is 46.0 Å². The summed E-state index contributed by atoms with van der Waals surface area (Å²) in [5.74, 6) is 0.949. The van der Waals surface area contributed by atoms with Crippen LogP contribution in [0.15, 0.2) is 0 Å². The van der Waals surface area contributed by atoms with Gasteiger partial charge in [-0.1, -0.05) is 26.7 Å². The molecule has 2 aliphatic rings. The van der Waals surface area contributed by atoms with E-state index in [1.807, 2.05) is 0 Å². The fourth-order valence-corrected chi connectivity index (χ4v) is 3.71. The number of amides is 2. The van der Waals surface area contributed by atoms with Crippen molar-refractivity contribution in [2.75, 3.05) is 12.3 Å². The predicted octanol–water partition coefficient (Wildman–Crippen LogP) is 2.51. The van der Waals surface area contributed by atoms with Crippen LogP contribution in [-0.2, 0) is 9.59 Å². The molecule has 0 aromatic heterocycles. The molecule has 2 atom stereocenters. The number of hydrogen-bond acceptors (Lipinski definition) is 3. The topological polar surface area (TPSA) is 37.4 Å². The van der Waals surface area contributed by atoms with Crippen molar-refractivity contribution >= 4 is 24.4 Å². The van der Waals surface area contributed by atoms with Crippen LogP contribution in [0.5, 0.6) is 0 Å². The lowest BCUT2D eigenvalue weighted by atomic mass is 9.80. The average molecular weight is 269 g/mol. The van der Waals surface area contributed by atoms with E-state index in [9.17, 15) is 9.59 Å². The van der Waals surface area contributed by atoms with Gasteiger partial charge in [-0.25, -0.2) is 0 Å². The number of likely N-dealkylation sites (tertiary alicyclic amines) is 1. The van der Waals surface area contributed by atoms with Crippen molar-refractivity contribution in [3.8, 4) is 0 Å². The van der Waals surface area contributed by atoms with E-state index in [1.54, 1.807) is 0 Å². The maximum absolute atomic E-state index is 12.0. The monoisotopic (exact) mass is 269 g/mol. The zero-order valence-electron chi connectivity index (χ0n) is 11.3. The smallest absolute Gasteiger partial charge is 0.233 e. The van der Waals surface area contributed by atoms with Gasteiger partial charge in [0.25, 0.3) is 0 Å². The maximum Gasteiger partial charge on any atom is 0.233 e. The summed E-state index contributed by atoms with van der Waals surface area (Å²) in [4.78, 5) is 25.6. The first kappa shape index (κ1) is 13.9. The third-order valence-electron chi connectivity index (χ3n) is 4.35. The van der Waals surface area contributed by atoms with Crippen molar-refractivity contribution in [1.29, 1.82) is 0 Å². The molecule has 0 N–H and O–H groups in total. The van der Waals surface area contributed by atoms with E-state index in [1.165, 1.54) is 4.90 Å². The SMILES string of the molecule is CCCC(CS)(CCC)CN1C(=O)C2CC2C1=O. The number of carbonyl (C=O) groups excluding carboxylic acids is 2. The molecule has 1 saturated carbocycles. The molecule has 1 heterocycles. The number of nitrogens with zero attached hydrogens (tertiary/aromatic N) is 1. The fraction of sp³-hybridized carbons (Fsp3) is 0.857. The zero-order chi connectivity index (χ0) is 13.3. The van der Waals surface area contributed by atoms with Crippen molar-refractivity contribution in [3.05, 3.63) is 0 Å². The predicted molar refractivity (Wildman–Crippen MR) is 74.4 cm³/mol. The van der Waals surface area contributed by atoms with E-state index in [0.717, 1.165) is 37.9 Å². The highest BCUT2D eigenvalue weighted by Gasteiger charge is 2.59. The van der Waals surface area contributed by atoms with Gasteiger partial charge in [0, 0.05) is 6.54 Å². The molecule has 0 spiro atoms. The summed E-state index contributed by atoms with van der Waals surface area (Å²) < 4.78 is 0. The number of hydrogen-bond donors (Lipinski definition) is 1. The second-order valence-electron chi connectivity index (χ2n) is 5.87. The van der Waals surface area contributed by atoms with Crippen molar-refractivity contribution < 1.29 is 9.59 Å². The van der Waals surface area contributed by atoms with Crippen LogP contribution in [0, 0.1) is 17.3 Å². The Morgan fingerprint density at radius 3 is 2.06 bits per heavy atom. The number of fused-ring (bicyclic) bond motifs is 1. The van der Waals surface area contributed by atoms with E-state index in [-0.39, 0.29) is 29.1 Å². The molecule has 102 valence electrons. The van der Waals surface area contributed by atoms with E-state index < -0.39 is 0 Å². The van der Waals surface area contributed by atoms with Gasteiger partial charge in [0.05, 0.1) is 11.8 Å². The summed E-state index contributed by atoms with van der Waals surface area (Å²) in [7, 11) is 0. The highest BCUT2D eigenvalue weighted by molar-refractivity contribution is 7.80. The molecule has 0 aromatic rings. The van der Waals surface area contributed by atoms with Crippen molar-refractivity contribution in [2.24, 2.45) is 17.3 Å². The molecule has 2 amide bonds. The molecule has 0 radical (unpaired) electrons. The van der Waals surface area contributed by atoms with Gasteiger partial charge in [0.1, 0.15) is 0 Å². The van der Waals surface area contributed by atoms with Crippen LogP contribution in [0.4, 0.5) is 0 Å². The molecule has 1 aliphatic carbocycles. The normalized spacial score (nSPS) is 26.7. The molecule has 2 fully saturated rings. The fourth-order valence-electron chi connectivity index (χ4n) is 3.29. The van der Waals surface area contributed by atoms with Crippen LogP contribution in [0.3, 0.4) is 0 Å². The van der Waals surface area contributed by atoms with E-state index in [4.69, 9.17) is 0 Å². The highest BCUT2D eigenvalue weighted by Crippen LogP contribution is 2.48. The van der Waals surface area contributed by atoms with Gasteiger partial charge in [-0.05, 0) is 30.4 Å². The number of imide groups is 1. The van der Waals surface area contributed by atoms with Crippen LogP contribution in [-0.4, -0.2) is 29.0 Å². The molecule has 4 heteroatoms. The Hall–Kier alpha value is -0.510. The van der Waals surface area contributed by atoms with Gasteiger partial charge in [-0.3, -0.25) is 14.5 Å². The molecule has 3 nitrogen and oxygen atoms in total. The molecular formula is C14H23NO2S. The Bertz CT molecular complexity index is 330. The van der Waals surface area contributed by atoms with E-state index in [0.29, 0.717) is 6.54 Å². The Morgan fingerprint density at radius 2 is 1.67 bits per heavy atom. The quantitative estimate of drug-likeness (QED) is 0.569. The maximum atomic E-state index is 12.0. The van der Waals surface area contributed by atoms with Crippen LogP contribution in [0.2, 0.25) is 0 Å². The standard InChI is InChI=1S/C14H23NO2S/c1-3-5-14(9-18,6-4-2)8-15-12(16)10-7-11(10)13(15)17/h10-11,18H,3-9H2,1-2H3. The Morgan fingerprint density at radius 1 is 1.17 bits per heavy atom. The molecule has 2 unspecified atom stereocenters. The van der Waals surface area contributed by atoms with Gasteiger partial charge < -0.3 is 0 Å². The largest absolute Gasteiger partial charge is 0.282 e. The summed E-state index contributed by atoms with van der Waals surface area (Å²) in [5.41, 5.74) is 0.0225. The van der Waals surface area contributed by atoms with Crippen LogP contribution in [0.1, 0.15) is 46.0 Å². The average Bonchev–Trinajstić information content (AvgIpc) is 3.10. The van der Waals surface area contributed by atoms with Gasteiger partial charge >= 0.3 is 0 Å². The van der Waals surface area contributed by atoms with Gasteiger partial charge in [-0.2, -0.15) is 12.6 Å².